The first-order valence-corrected chi connectivity index (χ1v) is 21.9. The fourth-order valence-electron chi connectivity index (χ4n) is 4.89. The van der Waals surface area contributed by atoms with Gasteiger partial charge in [0.1, 0.15) is 57.7 Å². The number of fused-ring (bicyclic) bond motifs is 2. The SMILES string of the molecule is C=C(OC(C)(C)C)[C@H](CI)NC(=O)OC(C)(C)C.CC(C)(C)OC(=O)N[C@@H](Cc1ccc2nc(C#N)ccc2c1)C(=O)OC(C)(C)C.N#Cc1ccc2cc(Br)ccc2n1.[2H]CF.[2H]CF. The molecule has 2 amide bonds. The van der Waals surface area contributed by atoms with Crippen LogP contribution in [0.3, 0.4) is 0 Å². The van der Waals surface area contributed by atoms with E-state index in [1.54, 1.807) is 65.8 Å². The summed E-state index contributed by atoms with van der Waals surface area (Å²) in [6.45, 7) is 25.7. The second-order valence-electron chi connectivity index (χ2n) is 17.5. The number of pyridine rings is 2. The molecule has 13 nitrogen and oxygen atoms in total. The topological polar surface area (TPSA) is 186 Å². The lowest BCUT2D eigenvalue weighted by atomic mass is 10.0. The van der Waals surface area contributed by atoms with Crippen molar-refractivity contribution >= 4 is 78.5 Å². The van der Waals surface area contributed by atoms with Gasteiger partial charge in [0.25, 0.3) is 0 Å². The number of carbonyl (C=O) groups excluding carboxylic acids is 3. The molecule has 0 aliphatic heterocycles. The van der Waals surface area contributed by atoms with Gasteiger partial charge in [-0.1, -0.05) is 51.2 Å². The molecule has 0 aliphatic rings. The van der Waals surface area contributed by atoms with E-state index in [1.165, 1.54) is 0 Å². The van der Waals surface area contributed by atoms with Crippen molar-refractivity contribution in [2.45, 2.75) is 124 Å². The molecule has 2 aromatic carbocycles. The van der Waals surface area contributed by atoms with Crippen molar-refractivity contribution in [1.29, 1.82) is 10.5 Å². The zero-order chi connectivity index (χ0) is 51.1. The molecule has 2 heterocycles. The molecule has 0 fully saturated rings. The molecule has 2 atom stereocenters. The Labute approximate surface area is 401 Å². The summed E-state index contributed by atoms with van der Waals surface area (Å²) in [6, 6.07) is 21.2. The highest BCUT2D eigenvalue weighted by Gasteiger charge is 2.29. The van der Waals surface area contributed by atoms with Crippen LogP contribution < -0.4 is 10.6 Å². The number of ether oxygens (including phenoxy) is 4. The van der Waals surface area contributed by atoms with Gasteiger partial charge in [0.15, 0.2) is 0 Å². The van der Waals surface area contributed by atoms with Crippen molar-refractivity contribution in [3.05, 3.63) is 94.4 Å². The number of nitrogens with zero attached hydrogens (tertiary/aromatic N) is 4. The minimum atomic E-state index is -1.00. The van der Waals surface area contributed by atoms with Gasteiger partial charge >= 0.3 is 18.2 Å². The van der Waals surface area contributed by atoms with Gasteiger partial charge in [-0.3, -0.25) is 8.78 Å². The van der Waals surface area contributed by atoms with Gasteiger partial charge in [0.05, 0.1) is 34.1 Å². The molecule has 0 bridgehead atoms. The standard InChI is InChI=1S/C22H27N3O4.C13H24INO3.C10H5BrN2.2CH3F/c1-21(2,3)28-19(26)18(25-20(27)29-22(4,5)6)12-14-7-10-17-15(11-14)8-9-16(13-23)24-17;1-9(17-12(2,3)4)10(8-14)15-11(16)18-13(5,6)7;11-8-2-4-10-7(5-8)1-3-9(6-12)13-10;2*1-2/h7-11,18H,12H2,1-6H3,(H,25,27);10H,1,8H2,2-7H3,(H,15,16);1-5H;2*1H3/t18-;10-;;;/m00.../s1/i;;;2*1D. The molecule has 0 saturated heterocycles. The second-order valence-corrected chi connectivity index (χ2v) is 19.2. The first-order chi connectivity index (χ1) is 30.4. The Morgan fingerprint density at radius 1 is 0.703 bits per heavy atom. The Morgan fingerprint density at radius 3 is 1.52 bits per heavy atom. The number of nitrogens with one attached hydrogen (secondary N) is 2. The highest BCUT2D eigenvalue weighted by Crippen LogP contribution is 2.21. The van der Waals surface area contributed by atoms with Crippen molar-refractivity contribution in [3.8, 4) is 12.1 Å². The first kappa shape index (κ1) is 55.0. The molecule has 0 saturated carbocycles. The Morgan fingerprint density at radius 2 is 1.11 bits per heavy atom. The minimum absolute atomic E-state index is 0.226. The molecule has 0 spiro atoms. The lowest BCUT2D eigenvalue weighted by molar-refractivity contribution is -0.157. The third kappa shape index (κ3) is 24.6. The van der Waals surface area contributed by atoms with E-state index < -0.39 is 55.3 Å². The number of aromatic nitrogens is 2. The molecule has 2 aromatic heterocycles. The summed E-state index contributed by atoms with van der Waals surface area (Å²) >= 11 is 5.55. The predicted molar refractivity (Wildman–Crippen MR) is 259 cm³/mol. The normalized spacial score (nSPS) is 12.2. The summed E-state index contributed by atoms with van der Waals surface area (Å²) in [7, 11) is -2.00. The van der Waals surface area contributed by atoms with Crippen molar-refractivity contribution in [1.82, 2.24) is 20.6 Å². The van der Waals surface area contributed by atoms with Gasteiger partial charge in [0.2, 0.25) is 0 Å². The summed E-state index contributed by atoms with van der Waals surface area (Å²) in [5, 5.41) is 24.8. The predicted octanol–water partition coefficient (Wildman–Crippen LogP) is 11.6. The number of benzene rings is 2. The van der Waals surface area contributed by atoms with Crippen LogP contribution in [0.25, 0.3) is 21.8 Å². The summed E-state index contributed by atoms with van der Waals surface area (Å²) < 4.78 is 54.3. The fraction of sp³-hybridized carbons (Fsp3) is 0.468. The smallest absolute Gasteiger partial charge is 0.408 e. The van der Waals surface area contributed by atoms with Gasteiger partial charge in [0, 0.05) is 26.1 Å². The number of hydrogen-bond donors (Lipinski definition) is 2. The summed E-state index contributed by atoms with van der Waals surface area (Å²) in [5.74, 6) is 0.00386. The van der Waals surface area contributed by atoms with Crippen LogP contribution in [0, 0.1) is 22.7 Å². The molecule has 4 aromatic rings. The Balaban J connectivity index is 0.000000970. The number of nitriles is 2. The molecule has 0 unspecified atom stereocenters. The van der Waals surface area contributed by atoms with Crippen LogP contribution in [0.15, 0.2) is 77.5 Å². The summed E-state index contributed by atoms with van der Waals surface area (Å²) in [4.78, 5) is 45.0. The zero-order valence-electron chi connectivity index (χ0n) is 40.6. The van der Waals surface area contributed by atoms with E-state index in [1.807, 2.05) is 90.1 Å². The Hall–Kier alpha value is -5.14. The van der Waals surface area contributed by atoms with Crippen LogP contribution in [0.4, 0.5) is 18.4 Å². The number of hydrogen-bond acceptors (Lipinski definition) is 11. The third-order valence-corrected chi connectivity index (χ3v) is 8.50. The van der Waals surface area contributed by atoms with Crippen LogP contribution in [0.1, 0.15) is 103 Å². The number of alkyl carbamates (subject to hydrolysis) is 2. The minimum Gasteiger partial charge on any atom is -0.491 e. The molecule has 64 heavy (non-hydrogen) atoms. The van der Waals surface area contributed by atoms with E-state index in [-0.39, 0.29) is 18.1 Å². The van der Waals surface area contributed by atoms with E-state index in [9.17, 15) is 23.2 Å². The van der Waals surface area contributed by atoms with Crippen LogP contribution in [0.2, 0.25) is 0 Å². The third-order valence-electron chi connectivity index (χ3n) is 7.13. The molecule has 350 valence electrons. The van der Waals surface area contributed by atoms with E-state index in [0.717, 1.165) is 26.3 Å². The molecule has 4 rings (SSSR count). The average molecular weight is 1070 g/mol. The van der Waals surface area contributed by atoms with E-state index in [4.69, 9.17) is 32.2 Å². The van der Waals surface area contributed by atoms with Gasteiger partial charge in [-0.25, -0.2) is 24.4 Å². The number of amides is 2. The van der Waals surface area contributed by atoms with Crippen molar-refractivity contribution in [2.75, 3.05) is 18.7 Å². The van der Waals surface area contributed by atoms with Crippen molar-refractivity contribution < 1.29 is 44.9 Å². The van der Waals surface area contributed by atoms with E-state index in [2.05, 4.69) is 65.7 Å². The maximum Gasteiger partial charge on any atom is 0.408 e. The van der Waals surface area contributed by atoms with Crippen LogP contribution in [-0.4, -0.2) is 81.3 Å². The molecular formula is C47H62BrF2IN6O7. The van der Waals surface area contributed by atoms with Crippen molar-refractivity contribution in [3.63, 3.8) is 0 Å². The first-order valence-electron chi connectivity index (χ1n) is 21.0. The fourth-order valence-corrected chi connectivity index (χ4v) is 5.98. The number of carbonyl (C=O) groups is 3. The van der Waals surface area contributed by atoms with Crippen LogP contribution >= 0.6 is 38.5 Å². The zero-order valence-corrected chi connectivity index (χ0v) is 42.4. The second kappa shape index (κ2) is 27.2. The summed E-state index contributed by atoms with van der Waals surface area (Å²) in [6.07, 6.45) is -0.915. The highest BCUT2D eigenvalue weighted by atomic mass is 127. The van der Waals surface area contributed by atoms with Gasteiger partial charge in [-0.05, 0) is 143 Å². The number of halogens is 4. The van der Waals surface area contributed by atoms with Gasteiger partial charge in [-0.15, -0.1) is 0 Å². The van der Waals surface area contributed by atoms with E-state index in [0.29, 0.717) is 27.1 Å². The maximum absolute atomic E-state index is 12.7. The molecule has 2 N–H and O–H groups in total. The molecular weight excluding hydrogens is 1010 g/mol. The number of rotatable bonds is 8. The highest BCUT2D eigenvalue weighted by molar-refractivity contribution is 14.1. The lowest BCUT2D eigenvalue weighted by Crippen LogP contribution is -2.47. The average Bonchev–Trinajstić information content (AvgIpc) is 3.17. The largest absolute Gasteiger partial charge is 0.491 e. The lowest BCUT2D eigenvalue weighted by Gasteiger charge is -2.28. The summed E-state index contributed by atoms with van der Waals surface area (Å²) in [5.41, 5.74) is 0.933. The molecule has 17 heteroatoms. The quantitative estimate of drug-likeness (QED) is 0.0562. The van der Waals surface area contributed by atoms with Crippen molar-refractivity contribution in [2.24, 2.45) is 0 Å². The maximum atomic E-state index is 12.7. The number of esters is 1. The Kier molecular flexibility index (Phi) is 23.4. The Bertz CT molecular complexity index is 2280. The number of alkyl halides is 3. The molecule has 0 aliphatic carbocycles. The van der Waals surface area contributed by atoms with Gasteiger partial charge < -0.3 is 29.6 Å². The van der Waals surface area contributed by atoms with Crippen LogP contribution in [-0.2, 0) is 30.2 Å². The molecule has 0 radical (unpaired) electrons. The van der Waals surface area contributed by atoms with Crippen LogP contribution in [0.5, 0.6) is 0 Å². The monoisotopic (exact) mass is 1070 g/mol. The van der Waals surface area contributed by atoms with E-state index >= 15 is 0 Å². The van der Waals surface area contributed by atoms with Gasteiger partial charge in [-0.2, -0.15) is 10.5 Å².